The molecule has 1 aliphatic carbocycles. The molecule has 9 heteroatoms. The third-order valence-electron chi connectivity index (χ3n) is 5.31. The van der Waals surface area contributed by atoms with Crippen molar-refractivity contribution in [2.45, 2.75) is 44.7 Å². The molecular formula is C20H32IN5O3. The van der Waals surface area contributed by atoms with Crippen LogP contribution in [0.3, 0.4) is 0 Å². The quantitative estimate of drug-likeness (QED) is 0.138. The van der Waals surface area contributed by atoms with E-state index in [2.05, 4.69) is 15.5 Å². The first-order valence-electron chi connectivity index (χ1n) is 10.3. The van der Waals surface area contributed by atoms with Gasteiger partial charge in [-0.15, -0.1) is 24.0 Å². The molecule has 2 N–H and O–H groups in total. The van der Waals surface area contributed by atoms with Crippen LogP contribution in [0.4, 0.5) is 5.69 Å². The Morgan fingerprint density at radius 2 is 1.90 bits per heavy atom. The summed E-state index contributed by atoms with van der Waals surface area (Å²) in [4.78, 5) is 17.5. The van der Waals surface area contributed by atoms with Crippen LogP contribution in [0.2, 0.25) is 0 Å². The zero-order valence-electron chi connectivity index (χ0n) is 16.8. The zero-order chi connectivity index (χ0) is 19.6. The van der Waals surface area contributed by atoms with Crippen molar-refractivity contribution in [2.24, 2.45) is 4.99 Å². The Kier molecular flexibility index (Phi) is 10.6. The first-order valence-corrected chi connectivity index (χ1v) is 10.3. The molecule has 0 aromatic heterocycles. The molecular weight excluding hydrogens is 485 g/mol. The molecule has 8 nitrogen and oxygen atoms in total. The maximum absolute atomic E-state index is 10.8. The summed E-state index contributed by atoms with van der Waals surface area (Å²) in [7, 11) is 0. The van der Waals surface area contributed by atoms with Crippen LogP contribution in [0.25, 0.3) is 0 Å². The number of aliphatic imine (C=N–C) groups is 1. The van der Waals surface area contributed by atoms with Gasteiger partial charge in [0.05, 0.1) is 24.7 Å². The average molecular weight is 517 g/mol. The first kappa shape index (κ1) is 23.8. The Bertz CT molecular complexity index is 644. The fourth-order valence-corrected chi connectivity index (χ4v) is 3.64. The summed E-state index contributed by atoms with van der Waals surface area (Å²) in [6.07, 6.45) is 5.97. The van der Waals surface area contributed by atoms with Crippen molar-refractivity contribution in [1.82, 2.24) is 15.5 Å². The van der Waals surface area contributed by atoms with Crippen LogP contribution in [0, 0.1) is 10.1 Å². The molecule has 0 radical (unpaired) electrons. The highest BCUT2D eigenvalue weighted by molar-refractivity contribution is 14.0. The lowest BCUT2D eigenvalue weighted by Crippen LogP contribution is -2.44. The van der Waals surface area contributed by atoms with Crippen LogP contribution in [0.1, 0.15) is 37.7 Å². The molecule has 1 heterocycles. The molecule has 0 atom stereocenters. The number of nitrogens with one attached hydrogen (secondary N) is 2. The summed E-state index contributed by atoms with van der Waals surface area (Å²) in [6, 6.07) is 7.10. The Hall–Kier alpha value is -1.46. The number of non-ortho nitro benzene ring substituents is 1. The van der Waals surface area contributed by atoms with Gasteiger partial charge in [-0.25, -0.2) is 4.99 Å². The summed E-state index contributed by atoms with van der Waals surface area (Å²) < 4.78 is 5.39. The SMILES string of the molecule is I.O=[N+]([O-])c1ccc(CN=C(NCCCN2CCOCC2)NC2CCCC2)cc1. The van der Waals surface area contributed by atoms with Gasteiger partial charge in [-0.2, -0.15) is 0 Å². The van der Waals surface area contributed by atoms with Crippen molar-refractivity contribution in [3.8, 4) is 0 Å². The summed E-state index contributed by atoms with van der Waals surface area (Å²) in [5, 5.41) is 17.8. The van der Waals surface area contributed by atoms with Crippen LogP contribution in [0.5, 0.6) is 0 Å². The molecule has 1 aromatic carbocycles. The molecule has 162 valence electrons. The third-order valence-corrected chi connectivity index (χ3v) is 5.31. The van der Waals surface area contributed by atoms with Gasteiger partial charge in [-0.1, -0.05) is 25.0 Å². The predicted molar refractivity (Wildman–Crippen MR) is 125 cm³/mol. The number of ether oxygens (including phenoxy) is 1. The van der Waals surface area contributed by atoms with E-state index in [1.54, 1.807) is 12.1 Å². The Balaban J connectivity index is 0.00000300. The van der Waals surface area contributed by atoms with Gasteiger partial charge in [0, 0.05) is 37.8 Å². The van der Waals surface area contributed by atoms with E-state index in [-0.39, 0.29) is 34.6 Å². The van der Waals surface area contributed by atoms with Crippen LogP contribution in [-0.2, 0) is 11.3 Å². The van der Waals surface area contributed by atoms with E-state index in [1.807, 2.05) is 0 Å². The first-order chi connectivity index (χ1) is 13.7. The van der Waals surface area contributed by atoms with E-state index >= 15 is 0 Å². The molecule has 1 aliphatic heterocycles. The number of nitrogens with zero attached hydrogens (tertiary/aromatic N) is 3. The fraction of sp³-hybridized carbons (Fsp3) is 0.650. The van der Waals surface area contributed by atoms with Crippen LogP contribution < -0.4 is 10.6 Å². The second-order valence-electron chi connectivity index (χ2n) is 7.45. The van der Waals surface area contributed by atoms with Gasteiger partial charge < -0.3 is 15.4 Å². The monoisotopic (exact) mass is 517 g/mol. The zero-order valence-corrected chi connectivity index (χ0v) is 19.2. The maximum Gasteiger partial charge on any atom is 0.269 e. The number of halogens is 1. The highest BCUT2D eigenvalue weighted by atomic mass is 127. The van der Waals surface area contributed by atoms with E-state index in [0.717, 1.165) is 57.3 Å². The number of benzene rings is 1. The second kappa shape index (κ2) is 13.0. The van der Waals surface area contributed by atoms with Crippen molar-refractivity contribution < 1.29 is 9.66 Å². The predicted octanol–water partition coefficient (Wildman–Crippen LogP) is 2.91. The smallest absolute Gasteiger partial charge is 0.269 e. The molecule has 1 aromatic rings. The largest absolute Gasteiger partial charge is 0.379 e. The van der Waals surface area contributed by atoms with Crippen LogP contribution in [0.15, 0.2) is 29.3 Å². The second-order valence-corrected chi connectivity index (χ2v) is 7.45. The highest BCUT2D eigenvalue weighted by Gasteiger charge is 2.16. The van der Waals surface area contributed by atoms with Gasteiger partial charge in [0.1, 0.15) is 0 Å². The Morgan fingerprint density at radius 1 is 1.21 bits per heavy atom. The Morgan fingerprint density at radius 3 is 2.55 bits per heavy atom. The molecule has 1 saturated heterocycles. The minimum absolute atomic E-state index is 0. The van der Waals surface area contributed by atoms with Gasteiger partial charge in [0.2, 0.25) is 0 Å². The van der Waals surface area contributed by atoms with E-state index in [0.29, 0.717) is 12.6 Å². The molecule has 0 amide bonds. The highest BCUT2D eigenvalue weighted by Crippen LogP contribution is 2.17. The van der Waals surface area contributed by atoms with E-state index in [9.17, 15) is 10.1 Å². The molecule has 0 bridgehead atoms. The van der Waals surface area contributed by atoms with Crippen molar-refractivity contribution in [2.75, 3.05) is 39.4 Å². The number of hydrogen-bond donors (Lipinski definition) is 2. The molecule has 3 rings (SSSR count). The normalized spacial score (nSPS) is 18.3. The molecule has 1 saturated carbocycles. The number of morpholine rings is 1. The van der Waals surface area contributed by atoms with Crippen molar-refractivity contribution in [1.29, 1.82) is 0 Å². The standard InChI is InChI=1S/C20H31N5O3.HI/c26-25(27)19-8-6-17(7-9-19)16-22-20(23-18-4-1-2-5-18)21-10-3-11-24-12-14-28-15-13-24;/h6-9,18H,1-5,10-16H2,(H2,21,22,23);1H. The average Bonchev–Trinajstić information content (AvgIpc) is 3.23. The van der Waals surface area contributed by atoms with Gasteiger partial charge in [-0.05, 0) is 31.4 Å². The van der Waals surface area contributed by atoms with Crippen LogP contribution in [-0.4, -0.2) is 61.2 Å². The van der Waals surface area contributed by atoms with Gasteiger partial charge >= 0.3 is 0 Å². The lowest BCUT2D eigenvalue weighted by atomic mass is 10.2. The molecule has 0 unspecified atom stereocenters. The number of hydrogen-bond acceptors (Lipinski definition) is 5. The minimum Gasteiger partial charge on any atom is -0.379 e. The van der Waals surface area contributed by atoms with E-state index < -0.39 is 0 Å². The number of nitro groups is 1. The fourth-order valence-electron chi connectivity index (χ4n) is 3.64. The van der Waals surface area contributed by atoms with Gasteiger partial charge in [0.25, 0.3) is 5.69 Å². The lowest BCUT2D eigenvalue weighted by Gasteiger charge is -2.26. The van der Waals surface area contributed by atoms with Crippen LogP contribution >= 0.6 is 24.0 Å². The molecule has 2 fully saturated rings. The number of rotatable bonds is 8. The summed E-state index contributed by atoms with van der Waals surface area (Å²) in [6.45, 7) is 6.13. The van der Waals surface area contributed by atoms with Gasteiger partial charge in [-0.3, -0.25) is 15.0 Å². The summed E-state index contributed by atoms with van der Waals surface area (Å²) >= 11 is 0. The van der Waals surface area contributed by atoms with E-state index in [4.69, 9.17) is 9.73 Å². The molecule has 2 aliphatic rings. The van der Waals surface area contributed by atoms with Crippen molar-refractivity contribution >= 4 is 35.6 Å². The lowest BCUT2D eigenvalue weighted by molar-refractivity contribution is -0.384. The number of guanidine groups is 1. The molecule has 29 heavy (non-hydrogen) atoms. The van der Waals surface area contributed by atoms with Gasteiger partial charge in [0.15, 0.2) is 5.96 Å². The number of nitro benzene ring substituents is 1. The third kappa shape index (κ3) is 8.43. The maximum atomic E-state index is 10.8. The van der Waals surface area contributed by atoms with E-state index in [1.165, 1.54) is 37.8 Å². The topological polar surface area (TPSA) is 92.0 Å². The minimum atomic E-state index is -0.379. The van der Waals surface area contributed by atoms with Crippen molar-refractivity contribution in [3.63, 3.8) is 0 Å². The Labute approximate surface area is 189 Å². The van der Waals surface area contributed by atoms with Crippen molar-refractivity contribution in [3.05, 3.63) is 39.9 Å². The summed E-state index contributed by atoms with van der Waals surface area (Å²) in [5.41, 5.74) is 1.07. The molecule has 0 spiro atoms. The summed E-state index contributed by atoms with van der Waals surface area (Å²) in [5.74, 6) is 0.840.